The minimum absolute atomic E-state index is 0.00660. The normalized spacial score (nSPS) is 10.5. The number of methoxy groups -OCH3 is 1. The van der Waals surface area contributed by atoms with E-state index in [0.717, 1.165) is 0 Å². The van der Waals surface area contributed by atoms with Crippen molar-refractivity contribution in [2.24, 2.45) is 0 Å². The highest BCUT2D eigenvalue weighted by molar-refractivity contribution is 5.75. The Bertz CT molecular complexity index is 566. The van der Waals surface area contributed by atoms with Gasteiger partial charge in [0.2, 0.25) is 5.88 Å². The predicted molar refractivity (Wildman–Crippen MR) is 59.3 cm³/mol. The maximum absolute atomic E-state index is 13.9. The predicted octanol–water partition coefficient (Wildman–Crippen LogP) is 2.09. The SMILES string of the molecule is COc1c(C)cc(-c2cnoc2N)c(F)c1O. The standard InChI is InChI=1S/C11H11FN2O3/c1-5-3-6(7-4-14-17-11(7)13)8(12)9(15)10(5)16-2/h3-4,15H,13H2,1-2H3. The van der Waals surface area contributed by atoms with Gasteiger partial charge >= 0.3 is 0 Å². The second kappa shape index (κ2) is 3.97. The summed E-state index contributed by atoms with van der Waals surface area (Å²) in [7, 11) is 1.36. The first kappa shape index (κ1) is 11.3. The number of halogens is 1. The zero-order valence-electron chi connectivity index (χ0n) is 9.32. The van der Waals surface area contributed by atoms with E-state index < -0.39 is 11.6 Å². The van der Waals surface area contributed by atoms with Crippen LogP contribution >= 0.6 is 0 Å². The van der Waals surface area contributed by atoms with Crippen molar-refractivity contribution in [3.05, 3.63) is 23.6 Å². The van der Waals surface area contributed by atoms with Crippen LogP contribution in [-0.2, 0) is 0 Å². The van der Waals surface area contributed by atoms with Crippen LogP contribution in [0, 0.1) is 12.7 Å². The van der Waals surface area contributed by atoms with Gasteiger partial charge < -0.3 is 20.1 Å². The van der Waals surface area contributed by atoms with Crippen LogP contribution in [0.25, 0.3) is 11.1 Å². The van der Waals surface area contributed by atoms with E-state index in [9.17, 15) is 9.50 Å². The first-order valence-electron chi connectivity index (χ1n) is 4.82. The number of aromatic nitrogens is 1. The van der Waals surface area contributed by atoms with E-state index in [0.29, 0.717) is 11.1 Å². The monoisotopic (exact) mass is 238 g/mol. The van der Waals surface area contributed by atoms with Gasteiger partial charge in [-0.3, -0.25) is 0 Å². The van der Waals surface area contributed by atoms with Gasteiger partial charge in [-0.25, -0.2) is 4.39 Å². The number of nitrogen functional groups attached to an aromatic ring is 1. The fourth-order valence-corrected chi connectivity index (χ4v) is 1.66. The quantitative estimate of drug-likeness (QED) is 0.837. The minimum Gasteiger partial charge on any atom is -0.502 e. The molecule has 0 unspecified atom stereocenters. The lowest BCUT2D eigenvalue weighted by atomic mass is 10.0. The number of rotatable bonds is 2. The summed E-state index contributed by atoms with van der Waals surface area (Å²) in [6.07, 6.45) is 1.29. The number of hydrogen-bond donors (Lipinski definition) is 2. The molecule has 2 rings (SSSR count). The van der Waals surface area contributed by atoms with Gasteiger partial charge in [0, 0.05) is 5.56 Å². The summed E-state index contributed by atoms with van der Waals surface area (Å²) in [4.78, 5) is 0. The molecule has 0 saturated carbocycles. The fraction of sp³-hybridized carbons (Fsp3) is 0.182. The van der Waals surface area contributed by atoms with Gasteiger partial charge in [0.15, 0.2) is 17.3 Å². The molecule has 90 valence electrons. The molecule has 0 aliphatic rings. The Balaban J connectivity index is 2.69. The molecule has 1 aromatic heterocycles. The topological polar surface area (TPSA) is 81.5 Å². The van der Waals surface area contributed by atoms with Crippen LogP contribution in [0.15, 0.2) is 16.8 Å². The molecule has 0 radical (unpaired) electrons. The van der Waals surface area contributed by atoms with Gasteiger partial charge in [0.25, 0.3) is 0 Å². The Labute approximate surface area is 96.6 Å². The Morgan fingerprint density at radius 1 is 1.47 bits per heavy atom. The van der Waals surface area contributed by atoms with E-state index in [-0.39, 0.29) is 17.2 Å². The molecule has 17 heavy (non-hydrogen) atoms. The molecule has 0 aliphatic carbocycles. The molecule has 5 nitrogen and oxygen atoms in total. The van der Waals surface area contributed by atoms with Gasteiger partial charge in [-0.05, 0) is 18.6 Å². The molecular formula is C11H11FN2O3. The first-order valence-corrected chi connectivity index (χ1v) is 4.82. The van der Waals surface area contributed by atoms with Gasteiger partial charge in [0.1, 0.15) is 0 Å². The van der Waals surface area contributed by atoms with Crippen molar-refractivity contribution in [1.82, 2.24) is 5.16 Å². The molecule has 2 aromatic rings. The van der Waals surface area contributed by atoms with E-state index >= 15 is 0 Å². The molecule has 0 atom stereocenters. The maximum atomic E-state index is 13.9. The number of aromatic hydroxyl groups is 1. The Kier molecular flexibility index (Phi) is 2.63. The molecule has 3 N–H and O–H groups in total. The van der Waals surface area contributed by atoms with Crippen molar-refractivity contribution in [2.75, 3.05) is 12.8 Å². The zero-order chi connectivity index (χ0) is 12.6. The van der Waals surface area contributed by atoms with Crippen LogP contribution in [0.5, 0.6) is 11.5 Å². The van der Waals surface area contributed by atoms with Crippen LogP contribution < -0.4 is 10.5 Å². The van der Waals surface area contributed by atoms with E-state index in [4.69, 9.17) is 10.5 Å². The molecule has 0 bridgehead atoms. The number of benzene rings is 1. The Morgan fingerprint density at radius 2 is 2.18 bits per heavy atom. The van der Waals surface area contributed by atoms with Crippen molar-refractivity contribution in [3.8, 4) is 22.6 Å². The fourth-order valence-electron chi connectivity index (χ4n) is 1.66. The van der Waals surface area contributed by atoms with Gasteiger partial charge in [-0.15, -0.1) is 0 Å². The molecule has 1 aromatic carbocycles. The summed E-state index contributed by atoms with van der Waals surface area (Å²) < 4.78 is 23.5. The van der Waals surface area contributed by atoms with E-state index in [1.54, 1.807) is 6.92 Å². The average Bonchev–Trinajstić information content (AvgIpc) is 2.71. The molecule has 0 aliphatic heterocycles. The molecule has 1 heterocycles. The van der Waals surface area contributed by atoms with Crippen LogP contribution in [0.2, 0.25) is 0 Å². The molecule has 0 fully saturated rings. The summed E-state index contributed by atoms with van der Waals surface area (Å²) in [6.45, 7) is 1.69. The van der Waals surface area contributed by atoms with Crippen LogP contribution in [-0.4, -0.2) is 17.4 Å². The largest absolute Gasteiger partial charge is 0.502 e. The van der Waals surface area contributed by atoms with Crippen molar-refractivity contribution in [1.29, 1.82) is 0 Å². The van der Waals surface area contributed by atoms with E-state index in [1.807, 2.05) is 0 Å². The third kappa shape index (κ3) is 1.67. The number of nitrogens with zero attached hydrogens (tertiary/aromatic N) is 1. The number of anilines is 1. The van der Waals surface area contributed by atoms with E-state index in [2.05, 4.69) is 9.68 Å². The van der Waals surface area contributed by atoms with Crippen molar-refractivity contribution in [3.63, 3.8) is 0 Å². The third-order valence-corrected chi connectivity index (χ3v) is 2.47. The van der Waals surface area contributed by atoms with Gasteiger partial charge in [-0.2, -0.15) is 0 Å². The number of nitrogens with two attached hydrogens (primary N) is 1. The number of hydrogen-bond acceptors (Lipinski definition) is 5. The number of phenolic OH excluding ortho intramolecular Hbond substituents is 1. The summed E-state index contributed by atoms with van der Waals surface area (Å²) in [6, 6.07) is 1.51. The molecular weight excluding hydrogens is 227 g/mol. The maximum Gasteiger partial charge on any atom is 0.230 e. The highest BCUT2D eigenvalue weighted by Crippen LogP contribution is 2.40. The summed E-state index contributed by atoms with van der Waals surface area (Å²) >= 11 is 0. The zero-order valence-corrected chi connectivity index (χ0v) is 9.32. The number of ether oxygens (including phenoxy) is 1. The third-order valence-electron chi connectivity index (χ3n) is 2.47. The summed E-state index contributed by atoms with van der Waals surface area (Å²) in [5.41, 5.74) is 6.51. The number of phenols is 1. The van der Waals surface area contributed by atoms with Crippen LogP contribution in [0.1, 0.15) is 5.56 Å². The second-order valence-corrected chi connectivity index (χ2v) is 3.54. The van der Waals surface area contributed by atoms with Crippen molar-refractivity contribution in [2.45, 2.75) is 6.92 Å². The Morgan fingerprint density at radius 3 is 2.71 bits per heavy atom. The first-order chi connectivity index (χ1) is 8.06. The van der Waals surface area contributed by atoms with Crippen LogP contribution in [0.4, 0.5) is 10.3 Å². The van der Waals surface area contributed by atoms with Gasteiger partial charge in [0.05, 0.1) is 18.9 Å². The highest BCUT2D eigenvalue weighted by Gasteiger charge is 2.20. The number of aryl methyl sites for hydroxylation is 1. The molecule has 0 amide bonds. The Hall–Kier alpha value is -2.24. The van der Waals surface area contributed by atoms with E-state index in [1.165, 1.54) is 19.4 Å². The average molecular weight is 238 g/mol. The lowest BCUT2D eigenvalue weighted by Crippen LogP contribution is -1.95. The lowest BCUT2D eigenvalue weighted by Gasteiger charge is -2.10. The molecule has 0 saturated heterocycles. The van der Waals surface area contributed by atoms with Crippen molar-refractivity contribution >= 4 is 5.88 Å². The molecule has 6 heteroatoms. The minimum atomic E-state index is -0.817. The van der Waals surface area contributed by atoms with Crippen molar-refractivity contribution < 1.29 is 18.8 Å². The lowest BCUT2D eigenvalue weighted by molar-refractivity contribution is 0.355. The van der Waals surface area contributed by atoms with Gasteiger partial charge in [-0.1, -0.05) is 5.16 Å². The highest BCUT2D eigenvalue weighted by atomic mass is 19.1. The summed E-state index contributed by atoms with van der Waals surface area (Å²) in [5, 5.41) is 13.1. The van der Waals surface area contributed by atoms with Crippen LogP contribution in [0.3, 0.4) is 0 Å². The molecule has 0 spiro atoms. The smallest absolute Gasteiger partial charge is 0.230 e. The summed E-state index contributed by atoms with van der Waals surface area (Å²) in [5.74, 6) is -1.28. The second-order valence-electron chi connectivity index (χ2n) is 3.54.